The summed E-state index contributed by atoms with van der Waals surface area (Å²) in [4.78, 5) is 25.5. The van der Waals surface area contributed by atoms with Gasteiger partial charge < -0.3 is 20.5 Å². The molecule has 1 unspecified atom stereocenters. The fourth-order valence-corrected chi connectivity index (χ4v) is 4.96. The zero-order valence-corrected chi connectivity index (χ0v) is 21.5. The number of aryl methyl sites for hydroxylation is 2. The van der Waals surface area contributed by atoms with Crippen molar-refractivity contribution in [1.82, 2.24) is 0 Å². The maximum atomic E-state index is 13.1. The lowest BCUT2D eigenvalue weighted by Crippen LogP contribution is -2.33. The molecule has 186 valence electrons. The molecular formula is C28H28ClN3O4. The molecule has 1 atom stereocenters. The first-order valence-corrected chi connectivity index (χ1v) is 12.0. The third kappa shape index (κ3) is 5.09. The minimum absolute atomic E-state index is 0.00808. The van der Waals surface area contributed by atoms with E-state index in [9.17, 15) is 14.9 Å². The van der Waals surface area contributed by atoms with Gasteiger partial charge in [-0.2, -0.15) is 5.26 Å². The number of halogens is 1. The van der Waals surface area contributed by atoms with Gasteiger partial charge in [0.1, 0.15) is 23.2 Å². The number of nitrogens with one attached hydrogen (secondary N) is 1. The van der Waals surface area contributed by atoms with Crippen molar-refractivity contribution in [3.05, 3.63) is 80.9 Å². The molecule has 7 nitrogen and oxygen atoms in total. The van der Waals surface area contributed by atoms with Gasteiger partial charge in [-0.05, 0) is 48.6 Å². The molecule has 36 heavy (non-hydrogen) atoms. The lowest BCUT2D eigenvalue weighted by atomic mass is 9.70. The number of carbonyl (C=O) groups is 2. The molecule has 0 fully saturated rings. The van der Waals surface area contributed by atoms with Crippen LogP contribution in [-0.4, -0.2) is 18.3 Å². The van der Waals surface area contributed by atoms with Crippen molar-refractivity contribution in [3.63, 3.8) is 0 Å². The number of hydrogen-bond donors (Lipinski definition) is 2. The van der Waals surface area contributed by atoms with E-state index in [2.05, 4.69) is 11.4 Å². The standard InChI is InChI=1S/C28H28ClN3O4/c1-15-5-7-20(16(2)9-15)32-24(34)14-35-22-8-6-17(10-19(22)29)25-18(13-30)27(31)36-23-12-28(3,4)11-21(33)26(23)25/h5-10,25H,11-12,14,31H2,1-4H3,(H,32,34). The summed E-state index contributed by atoms with van der Waals surface area (Å²) < 4.78 is 11.4. The molecular weight excluding hydrogens is 478 g/mol. The predicted octanol–water partition coefficient (Wildman–Crippen LogP) is 5.43. The van der Waals surface area contributed by atoms with Gasteiger partial charge in [-0.3, -0.25) is 9.59 Å². The van der Waals surface area contributed by atoms with E-state index in [1.807, 2.05) is 45.9 Å². The van der Waals surface area contributed by atoms with Crippen LogP contribution in [0.3, 0.4) is 0 Å². The third-order valence-corrected chi connectivity index (χ3v) is 6.67. The zero-order valence-electron chi connectivity index (χ0n) is 20.7. The maximum Gasteiger partial charge on any atom is 0.262 e. The van der Waals surface area contributed by atoms with Crippen molar-refractivity contribution in [2.45, 2.75) is 46.5 Å². The Morgan fingerprint density at radius 3 is 2.67 bits per heavy atom. The summed E-state index contributed by atoms with van der Waals surface area (Å²) >= 11 is 6.50. The van der Waals surface area contributed by atoms with E-state index in [1.54, 1.807) is 18.2 Å². The number of benzene rings is 2. The number of hydrogen-bond acceptors (Lipinski definition) is 6. The number of nitriles is 1. The first-order valence-electron chi connectivity index (χ1n) is 11.6. The number of carbonyl (C=O) groups excluding carboxylic acids is 2. The van der Waals surface area contributed by atoms with Gasteiger partial charge in [0.2, 0.25) is 5.88 Å². The van der Waals surface area contributed by atoms with Gasteiger partial charge in [0.25, 0.3) is 5.91 Å². The van der Waals surface area contributed by atoms with Crippen molar-refractivity contribution >= 4 is 29.0 Å². The average molecular weight is 506 g/mol. The normalized spacial score (nSPS) is 18.8. The highest BCUT2D eigenvalue weighted by molar-refractivity contribution is 6.32. The van der Waals surface area contributed by atoms with Crippen LogP contribution in [-0.2, 0) is 14.3 Å². The number of allylic oxidation sites excluding steroid dienone is 3. The highest BCUT2D eigenvalue weighted by Crippen LogP contribution is 2.48. The van der Waals surface area contributed by atoms with Crippen LogP contribution in [0, 0.1) is 30.6 Å². The lowest BCUT2D eigenvalue weighted by Gasteiger charge is -2.37. The quantitative estimate of drug-likeness (QED) is 0.560. The van der Waals surface area contributed by atoms with Gasteiger partial charge in [0.05, 0.1) is 10.9 Å². The number of ether oxygens (including phenoxy) is 2. The molecule has 4 rings (SSSR count). The largest absolute Gasteiger partial charge is 0.482 e. The van der Waals surface area contributed by atoms with E-state index in [4.69, 9.17) is 26.8 Å². The second kappa shape index (κ2) is 9.71. The lowest BCUT2D eigenvalue weighted by molar-refractivity contribution is -0.119. The molecule has 2 aromatic rings. The van der Waals surface area contributed by atoms with Crippen molar-refractivity contribution in [2.75, 3.05) is 11.9 Å². The van der Waals surface area contributed by atoms with Gasteiger partial charge in [0, 0.05) is 24.1 Å². The third-order valence-electron chi connectivity index (χ3n) is 6.38. The first kappa shape index (κ1) is 25.3. The van der Waals surface area contributed by atoms with Crippen molar-refractivity contribution < 1.29 is 19.1 Å². The van der Waals surface area contributed by atoms with Crippen LogP contribution in [0.15, 0.2) is 59.2 Å². The van der Waals surface area contributed by atoms with Crippen LogP contribution in [0.4, 0.5) is 5.69 Å². The predicted molar refractivity (Wildman–Crippen MR) is 137 cm³/mol. The molecule has 0 radical (unpaired) electrons. The SMILES string of the molecule is Cc1ccc(NC(=O)COc2ccc(C3C(C#N)=C(N)OC4=C3C(=O)CC(C)(C)C4)cc2Cl)c(C)c1. The molecule has 0 spiro atoms. The summed E-state index contributed by atoms with van der Waals surface area (Å²) in [7, 11) is 0. The average Bonchev–Trinajstić information content (AvgIpc) is 2.78. The molecule has 2 aromatic carbocycles. The number of rotatable bonds is 5. The molecule has 0 bridgehead atoms. The summed E-state index contributed by atoms with van der Waals surface area (Å²) in [6, 6.07) is 12.8. The molecule has 1 aliphatic carbocycles. The Bertz CT molecular complexity index is 1370. The molecule has 2 aliphatic rings. The Morgan fingerprint density at radius 2 is 2.00 bits per heavy atom. The number of nitrogens with two attached hydrogens (primary N) is 1. The summed E-state index contributed by atoms with van der Waals surface area (Å²) in [5, 5.41) is 12.9. The number of amides is 1. The van der Waals surface area contributed by atoms with E-state index in [0.29, 0.717) is 41.2 Å². The summed E-state index contributed by atoms with van der Waals surface area (Å²) in [5.41, 5.74) is 9.82. The number of Topliss-reactive ketones (excluding diaryl/α,β-unsaturated/α-hetero) is 1. The second-order valence-electron chi connectivity index (χ2n) is 10.0. The topological polar surface area (TPSA) is 114 Å². The van der Waals surface area contributed by atoms with Crippen molar-refractivity contribution in [1.29, 1.82) is 5.26 Å². The van der Waals surface area contributed by atoms with Crippen LogP contribution in [0.25, 0.3) is 0 Å². The number of nitrogens with zero attached hydrogens (tertiary/aromatic N) is 1. The highest BCUT2D eigenvalue weighted by atomic mass is 35.5. The van der Waals surface area contributed by atoms with Gasteiger partial charge in [-0.15, -0.1) is 0 Å². The van der Waals surface area contributed by atoms with E-state index >= 15 is 0 Å². The maximum absolute atomic E-state index is 13.1. The molecule has 1 aliphatic heterocycles. The minimum Gasteiger partial charge on any atom is -0.482 e. The minimum atomic E-state index is -0.679. The molecule has 0 aromatic heterocycles. The number of anilines is 1. The van der Waals surface area contributed by atoms with Crippen molar-refractivity contribution in [2.24, 2.45) is 11.1 Å². The zero-order chi connectivity index (χ0) is 26.2. The van der Waals surface area contributed by atoms with Crippen LogP contribution >= 0.6 is 11.6 Å². The van der Waals surface area contributed by atoms with E-state index in [0.717, 1.165) is 11.1 Å². The van der Waals surface area contributed by atoms with Gasteiger partial charge in [0.15, 0.2) is 12.4 Å². The Balaban J connectivity index is 1.55. The van der Waals surface area contributed by atoms with E-state index < -0.39 is 5.92 Å². The van der Waals surface area contributed by atoms with E-state index in [1.165, 1.54) is 0 Å². The Labute approximate surface area is 215 Å². The molecule has 0 saturated carbocycles. The monoisotopic (exact) mass is 505 g/mol. The summed E-state index contributed by atoms with van der Waals surface area (Å²) in [5.74, 6) is -0.278. The molecule has 1 amide bonds. The van der Waals surface area contributed by atoms with Crippen LogP contribution < -0.4 is 15.8 Å². The van der Waals surface area contributed by atoms with Crippen LogP contribution in [0.2, 0.25) is 5.02 Å². The Hall–Kier alpha value is -3.76. The Kier molecular flexibility index (Phi) is 6.83. The van der Waals surface area contributed by atoms with Crippen LogP contribution in [0.1, 0.15) is 49.3 Å². The molecule has 0 saturated heterocycles. The van der Waals surface area contributed by atoms with E-state index in [-0.39, 0.29) is 40.2 Å². The fourth-order valence-electron chi connectivity index (χ4n) is 4.72. The first-order chi connectivity index (χ1) is 17.0. The molecule has 3 N–H and O–H groups in total. The number of ketones is 1. The highest BCUT2D eigenvalue weighted by Gasteiger charge is 2.43. The van der Waals surface area contributed by atoms with Gasteiger partial charge in [-0.25, -0.2) is 0 Å². The molecule has 1 heterocycles. The van der Waals surface area contributed by atoms with Gasteiger partial charge >= 0.3 is 0 Å². The van der Waals surface area contributed by atoms with Gasteiger partial charge in [-0.1, -0.05) is 49.2 Å². The molecule has 8 heteroatoms. The summed E-state index contributed by atoms with van der Waals surface area (Å²) in [6.45, 7) is 7.66. The fraction of sp³-hybridized carbons (Fsp3) is 0.321. The Morgan fingerprint density at radius 1 is 1.25 bits per heavy atom. The summed E-state index contributed by atoms with van der Waals surface area (Å²) in [6.07, 6.45) is 0.878. The van der Waals surface area contributed by atoms with Crippen molar-refractivity contribution in [3.8, 4) is 11.8 Å². The smallest absolute Gasteiger partial charge is 0.262 e. The second-order valence-corrected chi connectivity index (χ2v) is 10.5. The van der Waals surface area contributed by atoms with Crippen LogP contribution in [0.5, 0.6) is 5.75 Å².